The first-order chi connectivity index (χ1) is 9.22. The molecular weight excluding hydrogens is 232 g/mol. The molecule has 2 atom stereocenters. The lowest BCUT2D eigenvalue weighted by Gasteiger charge is -2.28. The van der Waals surface area contributed by atoms with Gasteiger partial charge in [0.05, 0.1) is 0 Å². The topological polar surface area (TPSA) is 15.3 Å². The Balaban J connectivity index is 1.78. The van der Waals surface area contributed by atoms with E-state index in [2.05, 4.69) is 42.3 Å². The maximum Gasteiger partial charge on any atom is 0.0376 e. The fourth-order valence-corrected chi connectivity index (χ4v) is 3.36. The predicted molar refractivity (Wildman–Crippen MR) is 83.1 cm³/mol. The van der Waals surface area contributed by atoms with E-state index in [9.17, 15) is 0 Å². The Morgan fingerprint density at radius 3 is 2.89 bits per heavy atom. The molecule has 0 bridgehead atoms. The second kappa shape index (κ2) is 5.44. The third kappa shape index (κ3) is 2.88. The smallest absolute Gasteiger partial charge is 0.0376 e. The number of nitrogens with one attached hydrogen (secondary N) is 1. The van der Waals surface area contributed by atoms with Gasteiger partial charge in [-0.05, 0) is 68.7 Å². The van der Waals surface area contributed by atoms with Gasteiger partial charge >= 0.3 is 0 Å². The zero-order valence-electron chi connectivity index (χ0n) is 12.3. The van der Waals surface area contributed by atoms with Crippen molar-refractivity contribution in [1.29, 1.82) is 0 Å². The summed E-state index contributed by atoms with van der Waals surface area (Å²) < 4.78 is 0. The molecule has 0 saturated carbocycles. The average Bonchev–Trinajstić information content (AvgIpc) is 2.63. The lowest BCUT2D eigenvalue weighted by molar-refractivity contribution is 0.521. The van der Waals surface area contributed by atoms with E-state index in [4.69, 9.17) is 0 Å². The first-order valence-corrected chi connectivity index (χ1v) is 7.87. The average molecular weight is 258 g/mol. The molecule has 1 saturated heterocycles. The molecule has 0 aliphatic carbocycles. The van der Waals surface area contributed by atoms with Gasteiger partial charge in [0.15, 0.2) is 0 Å². The van der Waals surface area contributed by atoms with Gasteiger partial charge in [-0.25, -0.2) is 0 Å². The van der Waals surface area contributed by atoms with Crippen LogP contribution in [0, 0.1) is 5.92 Å². The molecule has 0 amide bonds. The second-order valence-electron chi connectivity index (χ2n) is 6.45. The number of anilines is 2. The molecule has 2 heteroatoms. The maximum absolute atomic E-state index is 3.59. The summed E-state index contributed by atoms with van der Waals surface area (Å²) in [6.45, 7) is 7.12. The highest BCUT2D eigenvalue weighted by molar-refractivity contribution is 5.62. The quantitative estimate of drug-likeness (QED) is 0.817. The summed E-state index contributed by atoms with van der Waals surface area (Å²) in [7, 11) is 0. The molecule has 1 aromatic rings. The zero-order valence-corrected chi connectivity index (χ0v) is 12.3. The molecule has 1 aromatic carbocycles. The standard InChI is InChI=1S/C17H26N2/c1-13-4-3-10-19(11-9-13)16-7-8-17-15(12-16)6-5-14(2)18-17/h7-8,12-14,18H,3-6,9-11H2,1-2H3. The lowest BCUT2D eigenvalue weighted by atomic mass is 9.98. The SMILES string of the molecule is CC1CCCN(c2ccc3c(c2)CCC(C)N3)CC1. The van der Waals surface area contributed by atoms with Crippen LogP contribution in [-0.2, 0) is 6.42 Å². The first kappa shape index (κ1) is 12.8. The molecule has 19 heavy (non-hydrogen) atoms. The third-order valence-electron chi connectivity index (χ3n) is 4.72. The molecular formula is C17H26N2. The van der Waals surface area contributed by atoms with E-state index in [1.54, 1.807) is 0 Å². The minimum absolute atomic E-state index is 0.623. The van der Waals surface area contributed by atoms with Gasteiger partial charge < -0.3 is 10.2 Å². The van der Waals surface area contributed by atoms with Crippen LogP contribution in [0.3, 0.4) is 0 Å². The summed E-state index contributed by atoms with van der Waals surface area (Å²) in [6, 6.07) is 7.64. The van der Waals surface area contributed by atoms with Crippen LogP contribution in [0.15, 0.2) is 18.2 Å². The van der Waals surface area contributed by atoms with Gasteiger partial charge in [-0.2, -0.15) is 0 Å². The molecule has 2 nitrogen and oxygen atoms in total. The van der Waals surface area contributed by atoms with Gasteiger partial charge in [0.2, 0.25) is 0 Å². The van der Waals surface area contributed by atoms with Crippen molar-refractivity contribution in [3.05, 3.63) is 23.8 Å². The maximum atomic E-state index is 3.59. The van der Waals surface area contributed by atoms with Crippen LogP contribution in [0.5, 0.6) is 0 Å². The number of aryl methyl sites for hydroxylation is 1. The number of hydrogen-bond donors (Lipinski definition) is 1. The lowest BCUT2D eigenvalue weighted by Crippen LogP contribution is -2.25. The van der Waals surface area contributed by atoms with Crippen LogP contribution >= 0.6 is 0 Å². The second-order valence-corrected chi connectivity index (χ2v) is 6.45. The Bertz CT molecular complexity index is 441. The van der Waals surface area contributed by atoms with Gasteiger partial charge in [-0.15, -0.1) is 0 Å². The zero-order chi connectivity index (χ0) is 13.2. The number of rotatable bonds is 1. The molecule has 2 aliphatic rings. The minimum atomic E-state index is 0.623. The van der Waals surface area contributed by atoms with Crippen LogP contribution in [-0.4, -0.2) is 19.1 Å². The van der Waals surface area contributed by atoms with Crippen molar-refractivity contribution in [3.63, 3.8) is 0 Å². The summed E-state index contributed by atoms with van der Waals surface area (Å²) in [5.41, 5.74) is 4.29. The van der Waals surface area contributed by atoms with E-state index in [1.807, 2.05) is 0 Å². The van der Waals surface area contributed by atoms with Crippen molar-refractivity contribution in [2.75, 3.05) is 23.3 Å². The molecule has 1 N–H and O–H groups in total. The molecule has 2 heterocycles. The number of nitrogens with zero attached hydrogens (tertiary/aromatic N) is 1. The van der Waals surface area contributed by atoms with Crippen molar-refractivity contribution in [2.24, 2.45) is 5.92 Å². The Hall–Kier alpha value is -1.18. The van der Waals surface area contributed by atoms with Crippen molar-refractivity contribution in [3.8, 4) is 0 Å². The first-order valence-electron chi connectivity index (χ1n) is 7.87. The molecule has 2 unspecified atom stereocenters. The van der Waals surface area contributed by atoms with E-state index >= 15 is 0 Å². The Kier molecular flexibility index (Phi) is 3.67. The van der Waals surface area contributed by atoms with Crippen molar-refractivity contribution >= 4 is 11.4 Å². The Morgan fingerprint density at radius 2 is 2.00 bits per heavy atom. The van der Waals surface area contributed by atoms with Crippen LogP contribution in [0.1, 0.15) is 45.1 Å². The highest BCUT2D eigenvalue weighted by Gasteiger charge is 2.18. The van der Waals surface area contributed by atoms with E-state index in [1.165, 1.54) is 62.1 Å². The fraction of sp³-hybridized carbons (Fsp3) is 0.647. The van der Waals surface area contributed by atoms with Gasteiger partial charge in [0, 0.05) is 30.5 Å². The van der Waals surface area contributed by atoms with E-state index in [0.717, 1.165) is 5.92 Å². The van der Waals surface area contributed by atoms with Crippen LogP contribution in [0.25, 0.3) is 0 Å². The minimum Gasteiger partial charge on any atom is -0.382 e. The highest BCUT2D eigenvalue weighted by atomic mass is 15.1. The molecule has 0 radical (unpaired) electrons. The van der Waals surface area contributed by atoms with Crippen molar-refractivity contribution in [1.82, 2.24) is 0 Å². The van der Waals surface area contributed by atoms with Gasteiger partial charge in [0.1, 0.15) is 0 Å². The normalized spacial score (nSPS) is 27.4. The summed E-state index contributed by atoms with van der Waals surface area (Å²) in [6.07, 6.45) is 6.55. The number of fused-ring (bicyclic) bond motifs is 1. The molecule has 0 spiro atoms. The van der Waals surface area contributed by atoms with E-state index < -0.39 is 0 Å². The van der Waals surface area contributed by atoms with Gasteiger partial charge in [0.25, 0.3) is 0 Å². The fourth-order valence-electron chi connectivity index (χ4n) is 3.36. The molecule has 104 valence electrons. The largest absolute Gasteiger partial charge is 0.382 e. The van der Waals surface area contributed by atoms with Gasteiger partial charge in [-0.1, -0.05) is 6.92 Å². The third-order valence-corrected chi connectivity index (χ3v) is 4.72. The van der Waals surface area contributed by atoms with Crippen LogP contribution in [0.2, 0.25) is 0 Å². The summed E-state index contributed by atoms with van der Waals surface area (Å²) in [5, 5.41) is 3.59. The summed E-state index contributed by atoms with van der Waals surface area (Å²) >= 11 is 0. The molecule has 2 aliphatic heterocycles. The summed E-state index contributed by atoms with van der Waals surface area (Å²) in [4.78, 5) is 2.59. The highest BCUT2D eigenvalue weighted by Crippen LogP contribution is 2.30. The summed E-state index contributed by atoms with van der Waals surface area (Å²) in [5.74, 6) is 0.894. The van der Waals surface area contributed by atoms with Crippen LogP contribution < -0.4 is 10.2 Å². The Labute approximate surface area is 117 Å². The van der Waals surface area contributed by atoms with Gasteiger partial charge in [-0.3, -0.25) is 0 Å². The van der Waals surface area contributed by atoms with E-state index in [0.29, 0.717) is 6.04 Å². The monoisotopic (exact) mass is 258 g/mol. The molecule has 1 fully saturated rings. The Morgan fingerprint density at radius 1 is 1.11 bits per heavy atom. The molecule has 0 aromatic heterocycles. The van der Waals surface area contributed by atoms with Crippen molar-refractivity contribution in [2.45, 2.75) is 52.0 Å². The molecule has 3 rings (SSSR count). The van der Waals surface area contributed by atoms with Crippen LogP contribution in [0.4, 0.5) is 11.4 Å². The van der Waals surface area contributed by atoms with E-state index in [-0.39, 0.29) is 0 Å². The number of benzene rings is 1. The number of hydrogen-bond acceptors (Lipinski definition) is 2. The predicted octanol–water partition coefficient (Wildman–Crippen LogP) is 4.06. The van der Waals surface area contributed by atoms with Crippen molar-refractivity contribution < 1.29 is 0 Å².